The van der Waals surface area contributed by atoms with Crippen LogP contribution in [0.3, 0.4) is 0 Å². The van der Waals surface area contributed by atoms with Crippen LogP contribution in [0.2, 0.25) is 0 Å². The van der Waals surface area contributed by atoms with Crippen molar-refractivity contribution in [3.63, 3.8) is 0 Å². The molecule has 1 fully saturated rings. The Kier molecular flexibility index (Phi) is 9.29. The number of H-pyrrole nitrogens is 1. The summed E-state index contributed by atoms with van der Waals surface area (Å²) in [5, 5.41) is 18.7. The SMILES string of the molecule is C.COc1cccc2[nH]c(C(=O)N[C@@H](CC(C)(C)C)C(=O)N[C@H](C#N)C[C@@H]3CCCNC3=O)cc12. The molecule has 9 heteroatoms. The first-order valence-electron chi connectivity index (χ1n) is 11.6. The predicted octanol–water partition coefficient (Wildman–Crippen LogP) is 3.27. The third kappa shape index (κ3) is 7.22. The molecule has 2 heterocycles. The van der Waals surface area contributed by atoms with Crippen LogP contribution in [0.25, 0.3) is 10.9 Å². The summed E-state index contributed by atoms with van der Waals surface area (Å²) >= 11 is 0. The van der Waals surface area contributed by atoms with E-state index in [1.807, 2.05) is 39.0 Å². The van der Waals surface area contributed by atoms with Crippen molar-refractivity contribution >= 4 is 28.6 Å². The Bertz CT molecular complexity index is 1100. The zero-order valence-electron chi connectivity index (χ0n) is 20.2. The molecule has 3 atom stereocenters. The molecule has 1 aliphatic heterocycles. The van der Waals surface area contributed by atoms with E-state index in [1.54, 1.807) is 13.2 Å². The van der Waals surface area contributed by atoms with E-state index in [0.29, 0.717) is 30.8 Å². The van der Waals surface area contributed by atoms with Gasteiger partial charge in [0.2, 0.25) is 11.8 Å². The average Bonchev–Trinajstić information content (AvgIpc) is 3.23. The minimum Gasteiger partial charge on any atom is -0.496 e. The molecule has 1 aromatic carbocycles. The molecule has 0 radical (unpaired) electrons. The second-order valence-corrected chi connectivity index (χ2v) is 9.95. The third-order valence-corrected chi connectivity index (χ3v) is 5.92. The maximum Gasteiger partial charge on any atom is 0.268 e. The predicted molar refractivity (Wildman–Crippen MR) is 135 cm³/mol. The molecular formula is C26H37N5O4. The maximum atomic E-state index is 13.1. The lowest BCUT2D eigenvalue weighted by atomic mass is 9.87. The highest BCUT2D eigenvalue weighted by Gasteiger charge is 2.31. The van der Waals surface area contributed by atoms with Crippen LogP contribution in [0, 0.1) is 22.7 Å². The summed E-state index contributed by atoms with van der Waals surface area (Å²) in [4.78, 5) is 41.3. The fourth-order valence-corrected chi connectivity index (χ4v) is 4.25. The quantitative estimate of drug-likeness (QED) is 0.457. The second-order valence-electron chi connectivity index (χ2n) is 9.95. The highest BCUT2D eigenvalue weighted by molar-refractivity contribution is 6.01. The number of fused-ring (bicyclic) bond motifs is 1. The number of ether oxygens (including phenoxy) is 1. The van der Waals surface area contributed by atoms with Crippen LogP contribution < -0.4 is 20.7 Å². The minimum absolute atomic E-state index is 0. The highest BCUT2D eigenvalue weighted by Crippen LogP contribution is 2.26. The zero-order chi connectivity index (χ0) is 24.9. The third-order valence-electron chi connectivity index (χ3n) is 5.92. The number of benzene rings is 1. The molecule has 0 aliphatic carbocycles. The maximum absolute atomic E-state index is 13.1. The summed E-state index contributed by atoms with van der Waals surface area (Å²) in [5.41, 5.74) is 0.795. The van der Waals surface area contributed by atoms with Gasteiger partial charge in [-0.3, -0.25) is 14.4 Å². The van der Waals surface area contributed by atoms with Crippen molar-refractivity contribution in [2.75, 3.05) is 13.7 Å². The second kappa shape index (κ2) is 11.7. The number of hydrogen-bond acceptors (Lipinski definition) is 5. The van der Waals surface area contributed by atoms with E-state index in [9.17, 15) is 19.6 Å². The number of piperidine rings is 1. The van der Waals surface area contributed by atoms with Crippen molar-refractivity contribution in [1.29, 1.82) is 5.26 Å². The first-order chi connectivity index (χ1) is 16.1. The van der Waals surface area contributed by atoms with Gasteiger partial charge >= 0.3 is 0 Å². The Morgan fingerprint density at radius 1 is 1.29 bits per heavy atom. The van der Waals surface area contributed by atoms with Gasteiger partial charge in [0.1, 0.15) is 23.5 Å². The number of carbonyl (C=O) groups excluding carboxylic acids is 3. The fourth-order valence-electron chi connectivity index (χ4n) is 4.25. The largest absolute Gasteiger partial charge is 0.496 e. The van der Waals surface area contributed by atoms with Gasteiger partial charge in [0.05, 0.1) is 13.2 Å². The first kappa shape index (κ1) is 27.7. The molecule has 0 unspecified atom stereocenters. The van der Waals surface area contributed by atoms with Crippen molar-refractivity contribution in [3.8, 4) is 11.8 Å². The molecule has 1 aliphatic rings. The molecule has 190 valence electrons. The molecule has 1 saturated heterocycles. The zero-order valence-corrected chi connectivity index (χ0v) is 20.2. The van der Waals surface area contributed by atoms with Crippen molar-refractivity contribution in [2.45, 2.75) is 66.0 Å². The van der Waals surface area contributed by atoms with Crippen LogP contribution in [-0.2, 0) is 9.59 Å². The van der Waals surface area contributed by atoms with E-state index in [2.05, 4.69) is 27.0 Å². The molecule has 1 aromatic heterocycles. The molecule has 3 rings (SSSR count). The number of carbonyl (C=O) groups is 3. The summed E-state index contributed by atoms with van der Waals surface area (Å²) in [7, 11) is 1.56. The standard InChI is InChI=1S/C25H33N5O4.CH4/c1-25(2,3)13-20(24(33)28-16(14-26)11-15-7-6-10-27-22(15)31)30-23(32)19-12-17-18(29-19)8-5-9-21(17)34-4;/h5,8-9,12,15-16,20,29H,6-7,10-11,13H2,1-4H3,(H,27,31)(H,28,33)(H,30,32);1H4/t15-,16-,20-;/m0./s1. The molecule has 0 bridgehead atoms. The number of nitrogens with one attached hydrogen (secondary N) is 4. The summed E-state index contributed by atoms with van der Waals surface area (Å²) in [6.45, 7) is 6.56. The Hall–Kier alpha value is -3.54. The summed E-state index contributed by atoms with van der Waals surface area (Å²) in [5.74, 6) is -0.631. The van der Waals surface area contributed by atoms with Gasteiger partial charge in [0.15, 0.2) is 0 Å². The first-order valence-corrected chi connectivity index (χ1v) is 11.6. The van der Waals surface area contributed by atoms with E-state index in [-0.39, 0.29) is 31.1 Å². The summed E-state index contributed by atoms with van der Waals surface area (Å²) < 4.78 is 5.36. The Balaban J connectivity index is 0.00000432. The van der Waals surface area contributed by atoms with Crippen molar-refractivity contribution in [1.82, 2.24) is 20.9 Å². The van der Waals surface area contributed by atoms with E-state index >= 15 is 0 Å². The number of nitrogens with zero attached hydrogens (tertiary/aromatic N) is 1. The summed E-state index contributed by atoms with van der Waals surface area (Å²) in [6, 6.07) is 7.58. The van der Waals surface area contributed by atoms with Gasteiger partial charge in [-0.25, -0.2) is 0 Å². The lowest BCUT2D eigenvalue weighted by Gasteiger charge is -2.28. The van der Waals surface area contributed by atoms with Crippen LogP contribution in [0.5, 0.6) is 5.75 Å². The van der Waals surface area contributed by atoms with Crippen molar-refractivity contribution in [3.05, 3.63) is 30.0 Å². The van der Waals surface area contributed by atoms with Gasteiger partial charge in [0, 0.05) is 23.4 Å². The number of nitriles is 1. The van der Waals surface area contributed by atoms with Crippen molar-refractivity contribution in [2.24, 2.45) is 11.3 Å². The Morgan fingerprint density at radius 2 is 2.03 bits per heavy atom. The smallest absolute Gasteiger partial charge is 0.268 e. The van der Waals surface area contributed by atoms with E-state index in [1.165, 1.54) is 0 Å². The number of hydrogen-bond donors (Lipinski definition) is 4. The van der Waals surface area contributed by atoms with E-state index in [4.69, 9.17) is 4.74 Å². The molecule has 2 aromatic rings. The van der Waals surface area contributed by atoms with Gasteiger partial charge in [-0.15, -0.1) is 0 Å². The van der Waals surface area contributed by atoms with Crippen LogP contribution in [-0.4, -0.2) is 48.4 Å². The molecule has 9 nitrogen and oxygen atoms in total. The van der Waals surface area contributed by atoms with E-state index < -0.39 is 23.9 Å². The van der Waals surface area contributed by atoms with Gasteiger partial charge in [-0.1, -0.05) is 34.3 Å². The Labute approximate surface area is 207 Å². The number of rotatable bonds is 8. The number of amides is 3. The summed E-state index contributed by atoms with van der Waals surface area (Å²) in [6.07, 6.45) is 2.15. The minimum atomic E-state index is -0.850. The topological polar surface area (TPSA) is 136 Å². The number of methoxy groups -OCH3 is 1. The molecule has 3 amide bonds. The molecule has 0 saturated carbocycles. The monoisotopic (exact) mass is 483 g/mol. The lowest BCUT2D eigenvalue weighted by molar-refractivity contribution is -0.128. The van der Waals surface area contributed by atoms with Gasteiger partial charge in [-0.05, 0) is 49.3 Å². The highest BCUT2D eigenvalue weighted by atomic mass is 16.5. The normalized spacial score (nSPS) is 17.3. The van der Waals surface area contributed by atoms with Crippen LogP contribution >= 0.6 is 0 Å². The van der Waals surface area contributed by atoms with Crippen molar-refractivity contribution < 1.29 is 19.1 Å². The van der Waals surface area contributed by atoms with E-state index in [0.717, 1.165) is 17.3 Å². The number of aromatic nitrogens is 1. The van der Waals surface area contributed by atoms with Crippen LogP contribution in [0.1, 0.15) is 64.4 Å². The van der Waals surface area contributed by atoms with Gasteiger partial charge in [0.25, 0.3) is 5.91 Å². The lowest BCUT2D eigenvalue weighted by Crippen LogP contribution is -2.51. The Morgan fingerprint density at radius 3 is 2.66 bits per heavy atom. The average molecular weight is 484 g/mol. The van der Waals surface area contributed by atoms with Crippen LogP contribution in [0.4, 0.5) is 0 Å². The molecular weight excluding hydrogens is 446 g/mol. The fraction of sp³-hybridized carbons (Fsp3) is 0.538. The van der Waals surface area contributed by atoms with Crippen LogP contribution in [0.15, 0.2) is 24.3 Å². The number of aromatic amines is 1. The van der Waals surface area contributed by atoms with Gasteiger partial charge < -0.3 is 25.7 Å². The molecule has 4 N–H and O–H groups in total. The van der Waals surface area contributed by atoms with Gasteiger partial charge in [-0.2, -0.15) is 5.26 Å². The molecule has 35 heavy (non-hydrogen) atoms. The molecule has 0 spiro atoms.